The lowest BCUT2D eigenvalue weighted by Crippen LogP contribution is -2.31. The summed E-state index contributed by atoms with van der Waals surface area (Å²) >= 11 is 1.16. The third kappa shape index (κ3) is 2.89. The summed E-state index contributed by atoms with van der Waals surface area (Å²) in [5.74, 6) is -0.779. The molecule has 19 heavy (non-hydrogen) atoms. The molecule has 0 aromatic heterocycles. The molecule has 0 aliphatic carbocycles. The average Bonchev–Trinajstić information content (AvgIpc) is 2.62. The Balaban J connectivity index is 2.14. The van der Waals surface area contributed by atoms with Gasteiger partial charge in [0.25, 0.3) is 0 Å². The minimum atomic E-state index is -0.497. The Bertz CT molecular complexity index is 521. The minimum Gasteiger partial charge on any atom is -0.398 e. The Morgan fingerprint density at radius 3 is 2.89 bits per heavy atom. The first kappa shape index (κ1) is 13.9. The van der Waals surface area contributed by atoms with Gasteiger partial charge in [-0.25, -0.2) is 4.39 Å². The quantitative estimate of drug-likeness (QED) is 0.678. The fourth-order valence-corrected chi connectivity index (χ4v) is 3.11. The average molecular weight is 282 g/mol. The van der Waals surface area contributed by atoms with Crippen LogP contribution in [0.3, 0.4) is 0 Å². The van der Waals surface area contributed by atoms with E-state index in [0.29, 0.717) is 17.1 Å². The number of rotatable bonds is 4. The van der Waals surface area contributed by atoms with Gasteiger partial charge in [0.1, 0.15) is 5.82 Å². The van der Waals surface area contributed by atoms with Crippen LogP contribution in [0.1, 0.15) is 19.8 Å². The van der Waals surface area contributed by atoms with Gasteiger partial charge in [-0.15, -0.1) is 11.8 Å². The Morgan fingerprint density at radius 1 is 1.47 bits per heavy atom. The van der Waals surface area contributed by atoms with E-state index in [1.54, 1.807) is 0 Å². The summed E-state index contributed by atoms with van der Waals surface area (Å²) in [6.07, 6.45) is 0.885. The van der Waals surface area contributed by atoms with E-state index in [1.807, 2.05) is 6.92 Å². The second-order valence-electron chi connectivity index (χ2n) is 4.38. The Morgan fingerprint density at radius 2 is 2.21 bits per heavy atom. The number of carbonyl (C=O) groups is 2. The van der Waals surface area contributed by atoms with Crippen LogP contribution in [0.15, 0.2) is 23.1 Å². The van der Waals surface area contributed by atoms with Gasteiger partial charge in [0, 0.05) is 23.5 Å². The summed E-state index contributed by atoms with van der Waals surface area (Å²) in [7, 11) is 0. The molecule has 1 aromatic carbocycles. The highest BCUT2D eigenvalue weighted by molar-refractivity contribution is 8.00. The summed E-state index contributed by atoms with van der Waals surface area (Å²) in [6, 6.07) is 4.02. The van der Waals surface area contributed by atoms with Gasteiger partial charge >= 0.3 is 0 Å². The van der Waals surface area contributed by atoms with Gasteiger partial charge < -0.3 is 5.73 Å². The van der Waals surface area contributed by atoms with Crippen molar-refractivity contribution in [1.82, 2.24) is 4.90 Å². The smallest absolute Gasteiger partial charge is 0.243 e. The molecule has 0 spiro atoms. The maximum Gasteiger partial charge on any atom is 0.243 e. The number of halogens is 1. The van der Waals surface area contributed by atoms with E-state index >= 15 is 0 Å². The number of hydrogen-bond donors (Lipinski definition) is 1. The van der Waals surface area contributed by atoms with Gasteiger partial charge in [-0.05, 0) is 24.6 Å². The monoisotopic (exact) mass is 282 g/mol. The highest BCUT2D eigenvalue weighted by Gasteiger charge is 2.38. The molecule has 1 heterocycles. The number of anilines is 1. The molecule has 2 N–H and O–H groups in total. The summed E-state index contributed by atoms with van der Waals surface area (Å²) in [4.78, 5) is 25.5. The van der Waals surface area contributed by atoms with Crippen LogP contribution in [-0.2, 0) is 9.59 Å². The number of amides is 2. The molecule has 2 rings (SSSR count). The first-order chi connectivity index (χ1) is 9.02. The van der Waals surface area contributed by atoms with Gasteiger partial charge in [0.05, 0.1) is 5.25 Å². The Hall–Kier alpha value is -1.56. The third-order valence-corrected chi connectivity index (χ3v) is 4.15. The molecule has 1 fully saturated rings. The number of likely N-dealkylation sites (tertiary alicyclic amines) is 1. The summed E-state index contributed by atoms with van der Waals surface area (Å²) in [5, 5.41) is -0.497. The first-order valence-corrected chi connectivity index (χ1v) is 6.96. The van der Waals surface area contributed by atoms with Crippen molar-refractivity contribution >= 4 is 29.3 Å². The van der Waals surface area contributed by atoms with Crippen LogP contribution in [0.25, 0.3) is 0 Å². The number of thioether (sulfide) groups is 1. The zero-order valence-electron chi connectivity index (χ0n) is 10.6. The van der Waals surface area contributed by atoms with E-state index in [4.69, 9.17) is 5.73 Å². The highest BCUT2D eigenvalue weighted by Crippen LogP contribution is 2.34. The number of nitrogen functional groups attached to an aromatic ring is 1. The number of carbonyl (C=O) groups excluding carboxylic acids is 2. The second-order valence-corrected chi connectivity index (χ2v) is 5.62. The number of benzene rings is 1. The van der Waals surface area contributed by atoms with Crippen LogP contribution in [-0.4, -0.2) is 28.5 Å². The number of nitrogens with two attached hydrogens (primary N) is 1. The van der Waals surface area contributed by atoms with Crippen molar-refractivity contribution in [2.75, 3.05) is 12.3 Å². The van der Waals surface area contributed by atoms with Crippen molar-refractivity contribution < 1.29 is 14.0 Å². The zero-order chi connectivity index (χ0) is 14.0. The normalized spacial score (nSPS) is 19.3. The molecule has 0 radical (unpaired) electrons. The zero-order valence-corrected chi connectivity index (χ0v) is 11.4. The molecule has 1 aromatic rings. The Labute approximate surface area is 115 Å². The largest absolute Gasteiger partial charge is 0.398 e. The van der Waals surface area contributed by atoms with Crippen LogP contribution < -0.4 is 5.73 Å². The predicted molar refractivity (Wildman–Crippen MR) is 72.1 cm³/mol. The van der Waals surface area contributed by atoms with Crippen LogP contribution in [0.5, 0.6) is 0 Å². The summed E-state index contributed by atoms with van der Waals surface area (Å²) in [5.41, 5.74) is 6.16. The summed E-state index contributed by atoms with van der Waals surface area (Å²) < 4.78 is 13.2. The number of nitrogens with zero attached hydrogens (tertiary/aromatic N) is 1. The molecule has 0 saturated carbocycles. The first-order valence-electron chi connectivity index (χ1n) is 6.08. The van der Waals surface area contributed by atoms with E-state index in [9.17, 15) is 14.0 Å². The minimum absolute atomic E-state index is 0.152. The fourth-order valence-electron chi connectivity index (χ4n) is 1.97. The van der Waals surface area contributed by atoms with Crippen LogP contribution in [0.2, 0.25) is 0 Å². The number of imide groups is 1. The van der Waals surface area contributed by atoms with Crippen molar-refractivity contribution in [3.63, 3.8) is 0 Å². The molecule has 1 aliphatic rings. The third-order valence-electron chi connectivity index (χ3n) is 2.89. The van der Waals surface area contributed by atoms with Crippen molar-refractivity contribution in [1.29, 1.82) is 0 Å². The van der Waals surface area contributed by atoms with E-state index in [0.717, 1.165) is 18.2 Å². The lowest BCUT2D eigenvalue weighted by atomic mass is 10.3. The molecule has 1 atom stereocenters. The molecule has 1 aliphatic heterocycles. The second kappa shape index (κ2) is 5.61. The molecular formula is C13H15FN2O2S. The fraction of sp³-hybridized carbons (Fsp3) is 0.385. The van der Waals surface area contributed by atoms with Crippen molar-refractivity contribution in [2.45, 2.75) is 29.9 Å². The van der Waals surface area contributed by atoms with Gasteiger partial charge in [-0.1, -0.05) is 6.92 Å². The van der Waals surface area contributed by atoms with Crippen LogP contribution in [0.4, 0.5) is 10.1 Å². The van der Waals surface area contributed by atoms with Crippen LogP contribution in [0, 0.1) is 5.82 Å². The molecule has 2 amide bonds. The Kier molecular flexibility index (Phi) is 4.09. The van der Waals surface area contributed by atoms with Crippen molar-refractivity contribution in [3.05, 3.63) is 24.0 Å². The van der Waals surface area contributed by atoms with Gasteiger partial charge in [-0.3, -0.25) is 14.5 Å². The molecule has 1 unspecified atom stereocenters. The lowest BCUT2D eigenvalue weighted by Gasteiger charge is -2.13. The molecule has 1 saturated heterocycles. The lowest BCUT2D eigenvalue weighted by molar-refractivity contribution is -0.138. The van der Waals surface area contributed by atoms with Gasteiger partial charge in [0.2, 0.25) is 11.8 Å². The molecule has 0 bridgehead atoms. The van der Waals surface area contributed by atoms with E-state index in [-0.39, 0.29) is 18.2 Å². The molecule has 6 heteroatoms. The maximum atomic E-state index is 13.2. The topological polar surface area (TPSA) is 63.4 Å². The van der Waals surface area contributed by atoms with Gasteiger partial charge in [0.15, 0.2) is 0 Å². The van der Waals surface area contributed by atoms with Gasteiger partial charge in [-0.2, -0.15) is 0 Å². The van der Waals surface area contributed by atoms with Crippen molar-refractivity contribution in [3.8, 4) is 0 Å². The standard InChI is InChI=1S/C13H15FN2O2S/c1-2-5-16-12(17)7-11(13(16)18)19-10-6-8(14)3-4-9(10)15/h3-4,6,11H,2,5,7,15H2,1H3. The van der Waals surface area contributed by atoms with E-state index in [2.05, 4.69) is 0 Å². The summed E-state index contributed by atoms with van der Waals surface area (Å²) in [6.45, 7) is 2.35. The van der Waals surface area contributed by atoms with Crippen molar-refractivity contribution in [2.24, 2.45) is 0 Å². The van der Waals surface area contributed by atoms with Crippen LogP contribution >= 0.6 is 11.8 Å². The molecule has 4 nitrogen and oxygen atoms in total. The molecule has 102 valence electrons. The van der Waals surface area contributed by atoms with E-state index < -0.39 is 11.1 Å². The molecular weight excluding hydrogens is 267 g/mol. The predicted octanol–water partition coefficient (Wildman–Crippen LogP) is 2.04. The highest BCUT2D eigenvalue weighted by atomic mass is 32.2. The van der Waals surface area contributed by atoms with E-state index in [1.165, 1.54) is 23.1 Å². The SMILES string of the molecule is CCCN1C(=O)CC(Sc2cc(F)ccc2N)C1=O. The maximum absolute atomic E-state index is 13.2. The number of hydrogen-bond acceptors (Lipinski definition) is 4.